The lowest BCUT2D eigenvalue weighted by Gasteiger charge is -2.16. The van der Waals surface area contributed by atoms with E-state index in [9.17, 15) is 13.6 Å². The Morgan fingerprint density at radius 3 is 2.28 bits per heavy atom. The molecular weight excluding hydrogens is 482 g/mol. The van der Waals surface area contributed by atoms with Crippen LogP contribution in [0.25, 0.3) is 0 Å². The molecule has 1 saturated heterocycles. The lowest BCUT2D eigenvalue weighted by Crippen LogP contribution is -2.17. The Morgan fingerprint density at radius 1 is 1.22 bits per heavy atom. The molecule has 0 amide bonds. The van der Waals surface area contributed by atoms with Crippen LogP contribution in [0, 0.1) is 41.7 Å². The average molecular weight is 523 g/mol. The monoisotopic (exact) mass is 522 g/mol. The zero-order valence-electron chi connectivity index (χ0n) is 22.7. The van der Waals surface area contributed by atoms with Crippen molar-refractivity contribution < 1.29 is 18.3 Å². The maximum Gasteiger partial charge on any atom is 0.293 e. The van der Waals surface area contributed by atoms with Crippen molar-refractivity contribution in [1.29, 1.82) is 5.26 Å². The van der Waals surface area contributed by atoms with Gasteiger partial charge in [-0.3, -0.25) is 4.79 Å². The van der Waals surface area contributed by atoms with Gasteiger partial charge in [-0.15, -0.1) is 0 Å². The van der Waals surface area contributed by atoms with Crippen molar-refractivity contribution in [3.05, 3.63) is 69.7 Å². The number of halogens is 3. The summed E-state index contributed by atoms with van der Waals surface area (Å²) in [5.41, 5.74) is 2.04. The smallest absolute Gasteiger partial charge is 0.293 e. The second-order valence-electron chi connectivity index (χ2n) is 9.14. The molecule has 2 aromatic rings. The molecule has 36 heavy (non-hydrogen) atoms. The molecule has 7 heteroatoms. The maximum absolute atomic E-state index is 12.6. The zero-order chi connectivity index (χ0) is 27.7. The van der Waals surface area contributed by atoms with Gasteiger partial charge in [0.2, 0.25) is 0 Å². The van der Waals surface area contributed by atoms with Gasteiger partial charge in [0.15, 0.2) is 11.6 Å². The van der Waals surface area contributed by atoms with Gasteiger partial charge in [0.25, 0.3) is 6.47 Å². The Kier molecular flexibility index (Phi) is 17.4. The lowest BCUT2D eigenvalue weighted by molar-refractivity contribution is -0.131. The molecule has 1 fully saturated rings. The van der Waals surface area contributed by atoms with E-state index >= 15 is 0 Å². The largest absolute Gasteiger partial charge is 0.465 e. The van der Waals surface area contributed by atoms with E-state index in [0.29, 0.717) is 29.0 Å². The first-order chi connectivity index (χ1) is 17.0. The predicted octanol–water partition coefficient (Wildman–Crippen LogP) is 7.60. The summed E-state index contributed by atoms with van der Waals surface area (Å²) in [4.78, 5) is 11.8. The van der Waals surface area contributed by atoms with E-state index in [0.717, 1.165) is 23.5 Å². The second-order valence-corrected chi connectivity index (χ2v) is 9.55. The highest BCUT2D eigenvalue weighted by Gasteiger charge is 2.23. The van der Waals surface area contributed by atoms with Crippen LogP contribution in [0.5, 0.6) is 0 Å². The number of hydrogen-bond acceptors (Lipinski definition) is 4. The minimum absolute atomic E-state index is 0.0301. The van der Waals surface area contributed by atoms with Crippen LogP contribution in [0.15, 0.2) is 36.4 Å². The number of rotatable bonds is 5. The minimum Gasteiger partial charge on any atom is -0.465 e. The Bertz CT molecular complexity index is 947. The zero-order valence-corrected chi connectivity index (χ0v) is 23.4. The number of likely N-dealkylation sites (tertiary alicyclic amines) is 1. The number of carbonyl (C=O) groups is 1. The van der Waals surface area contributed by atoms with Crippen LogP contribution in [-0.2, 0) is 16.0 Å². The number of ether oxygens (including phenoxy) is 1. The standard InChI is InChI=1S/C9H19N.C8H6ClN.C8H8F2.C4H8O2/c1-4-8(2)9-5-6-10(3)7-9;1-6-2-3-7(5-10)8(9)4-6;1-2-6-4-3-5-7(9)8(6)10;1-4(2)6-3-5/h8-9H,4-7H2,1-3H3;2-4H,1H3;3-5H,2H2,1H3;3-4H,1-2H3. The molecule has 1 aliphatic heterocycles. The molecule has 2 unspecified atom stereocenters. The van der Waals surface area contributed by atoms with Crippen LogP contribution in [-0.4, -0.2) is 37.6 Å². The second kappa shape index (κ2) is 18.7. The maximum atomic E-state index is 12.6. The first-order valence-corrected chi connectivity index (χ1v) is 12.7. The third-order valence-corrected chi connectivity index (χ3v) is 6.17. The number of hydrogen-bond donors (Lipinski definition) is 0. The summed E-state index contributed by atoms with van der Waals surface area (Å²) < 4.78 is 29.4. The molecule has 2 atom stereocenters. The first kappa shape index (κ1) is 33.5. The van der Waals surface area contributed by atoms with Gasteiger partial charge >= 0.3 is 0 Å². The van der Waals surface area contributed by atoms with Gasteiger partial charge in [-0.25, -0.2) is 8.78 Å². The number of nitrogens with zero attached hydrogens (tertiary/aromatic N) is 2. The fourth-order valence-corrected chi connectivity index (χ4v) is 3.69. The van der Waals surface area contributed by atoms with E-state index in [2.05, 4.69) is 30.5 Å². The minimum atomic E-state index is -0.764. The summed E-state index contributed by atoms with van der Waals surface area (Å²) in [5.74, 6) is 0.435. The topological polar surface area (TPSA) is 53.3 Å². The fraction of sp³-hybridized carbons (Fsp3) is 0.517. The molecular formula is C29H41ClF2N2O2. The normalized spacial score (nSPS) is 15.2. The van der Waals surface area contributed by atoms with Crippen molar-refractivity contribution in [2.45, 2.75) is 66.9 Å². The third-order valence-electron chi connectivity index (χ3n) is 5.86. The van der Waals surface area contributed by atoms with Crippen molar-refractivity contribution in [3.8, 4) is 6.07 Å². The van der Waals surface area contributed by atoms with Crippen LogP contribution >= 0.6 is 11.6 Å². The predicted molar refractivity (Wildman–Crippen MR) is 144 cm³/mol. The Labute approximate surface area is 221 Å². The first-order valence-electron chi connectivity index (χ1n) is 12.4. The van der Waals surface area contributed by atoms with E-state index in [4.69, 9.17) is 16.9 Å². The average Bonchev–Trinajstić information content (AvgIpc) is 3.28. The van der Waals surface area contributed by atoms with Crippen molar-refractivity contribution in [1.82, 2.24) is 4.90 Å². The molecule has 2 aromatic carbocycles. The van der Waals surface area contributed by atoms with Gasteiger partial charge in [-0.05, 0) is 88.4 Å². The highest BCUT2D eigenvalue weighted by molar-refractivity contribution is 6.31. The van der Waals surface area contributed by atoms with E-state index in [1.54, 1.807) is 39.0 Å². The molecule has 4 nitrogen and oxygen atoms in total. The molecule has 3 rings (SSSR count). The summed E-state index contributed by atoms with van der Waals surface area (Å²) in [5, 5.41) is 9.00. The summed E-state index contributed by atoms with van der Waals surface area (Å²) in [6.45, 7) is 15.1. The SMILES string of the molecule is CC(C)OC=O.CCC(C)C1CCN(C)C1.CCc1cccc(F)c1F.Cc1ccc(C#N)c(Cl)c1. The highest BCUT2D eigenvalue weighted by Crippen LogP contribution is 2.24. The Balaban J connectivity index is 0.000000462. The molecule has 1 heterocycles. The summed E-state index contributed by atoms with van der Waals surface area (Å²) in [7, 11) is 2.22. The van der Waals surface area contributed by atoms with Gasteiger partial charge < -0.3 is 9.64 Å². The molecule has 0 bridgehead atoms. The van der Waals surface area contributed by atoms with Crippen molar-refractivity contribution >= 4 is 18.1 Å². The summed E-state index contributed by atoms with van der Waals surface area (Å²) in [6.07, 6.45) is 3.33. The summed E-state index contributed by atoms with van der Waals surface area (Å²) in [6, 6.07) is 11.6. The Hall–Kier alpha value is -2.49. The van der Waals surface area contributed by atoms with Gasteiger partial charge in [-0.2, -0.15) is 5.26 Å². The van der Waals surface area contributed by atoms with Crippen LogP contribution in [0.1, 0.15) is 64.2 Å². The lowest BCUT2D eigenvalue weighted by atomic mass is 9.91. The van der Waals surface area contributed by atoms with Gasteiger partial charge in [0, 0.05) is 6.54 Å². The van der Waals surface area contributed by atoms with Crippen molar-refractivity contribution in [2.75, 3.05) is 20.1 Å². The number of benzene rings is 2. The Morgan fingerprint density at radius 2 is 1.89 bits per heavy atom. The van der Waals surface area contributed by atoms with Crippen LogP contribution < -0.4 is 0 Å². The molecule has 1 aliphatic rings. The van der Waals surface area contributed by atoms with Crippen LogP contribution in [0.2, 0.25) is 5.02 Å². The van der Waals surface area contributed by atoms with Gasteiger partial charge in [0.1, 0.15) is 6.07 Å². The number of carbonyl (C=O) groups excluding carboxylic acids is 1. The van der Waals surface area contributed by atoms with Crippen molar-refractivity contribution in [2.24, 2.45) is 11.8 Å². The molecule has 0 spiro atoms. The molecule has 0 aliphatic carbocycles. The number of aryl methyl sites for hydroxylation is 2. The third kappa shape index (κ3) is 13.6. The number of nitriles is 1. The van der Waals surface area contributed by atoms with E-state index in [-0.39, 0.29) is 6.10 Å². The highest BCUT2D eigenvalue weighted by atomic mass is 35.5. The van der Waals surface area contributed by atoms with E-state index in [1.165, 1.54) is 32.0 Å². The van der Waals surface area contributed by atoms with Crippen LogP contribution in [0.3, 0.4) is 0 Å². The quantitative estimate of drug-likeness (QED) is 0.379. The van der Waals surface area contributed by atoms with Gasteiger partial charge in [0.05, 0.1) is 16.7 Å². The van der Waals surface area contributed by atoms with Crippen LogP contribution in [0.4, 0.5) is 8.78 Å². The molecule has 0 aromatic heterocycles. The van der Waals surface area contributed by atoms with E-state index in [1.807, 2.05) is 19.1 Å². The summed E-state index contributed by atoms with van der Waals surface area (Å²) >= 11 is 5.71. The van der Waals surface area contributed by atoms with Gasteiger partial charge in [-0.1, -0.05) is 57.0 Å². The molecule has 0 saturated carbocycles. The van der Waals surface area contributed by atoms with Crippen molar-refractivity contribution in [3.63, 3.8) is 0 Å². The fourth-order valence-electron chi connectivity index (χ4n) is 3.41. The molecule has 0 radical (unpaired) electrons. The molecule has 0 N–H and O–H groups in total. The molecule has 200 valence electrons. The van der Waals surface area contributed by atoms with E-state index < -0.39 is 11.6 Å².